The number of ether oxygens (including phenoxy) is 2. The molecule has 192 valence electrons. The highest BCUT2D eigenvalue weighted by atomic mass is 16.6. The zero-order valence-electron chi connectivity index (χ0n) is 20.8. The van der Waals surface area contributed by atoms with Crippen molar-refractivity contribution in [3.63, 3.8) is 0 Å². The molecule has 0 fully saturated rings. The van der Waals surface area contributed by atoms with Gasteiger partial charge in [-0.2, -0.15) is 5.10 Å². The summed E-state index contributed by atoms with van der Waals surface area (Å²) in [6.07, 6.45) is 1.31. The molecule has 0 saturated carbocycles. The minimum atomic E-state index is -0.918. The van der Waals surface area contributed by atoms with Crippen molar-refractivity contribution in [1.29, 1.82) is 0 Å². The van der Waals surface area contributed by atoms with Gasteiger partial charge in [0.1, 0.15) is 0 Å². The molecule has 0 bridgehead atoms. The fraction of sp³-hybridized carbons (Fsp3) is 0.269. The van der Waals surface area contributed by atoms with Gasteiger partial charge in [-0.3, -0.25) is 10.1 Å². The van der Waals surface area contributed by atoms with E-state index in [0.29, 0.717) is 22.5 Å². The van der Waals surface area contributed by atoms with Gasteiger partial charge in [0, 0.05) is 29.1 Å². The van der Waals surface area contributed by atoms with Crippen LogP contribution in [-0.2, 0) is 9.53 Å². The number of benzene rings is 2. The van der Waals surface area contributed by atoms with Gasteiger partial charge >= 0.3 is 17.7 Å². The number of rotatable bonds is 8. The predicted molar refractivity (Wildman–Crippen MR) is 135 cm³/mol. The second-order valence-electron chi connectivity index (χ2n) is 8.61. The molecule has 0 radical (unpaired) electrons. The van der Waals surface area contributed by atoms with Crippen molar-refractivity contribution < 1.29 is 24.0 Å². The highest BCUT2D eigenvalue weighted by molar-refractivity contribution is 5.95. The van der Waals surface area contributed by atoms with Crippen LogP contribution >= 0.6 is 0 Å². The van der Waals surface area contributed by atoms with Crippen molar-refractivity contribution in [2.45, 2.75) is 39.8 Å². The number of nitro benzene ring substituents is 1. The summed E-state index contributed by atoms with van der Waals surface area (Å²) in [6.45, 7) is 7.08. The van der Waals surface area contributed by atoms with Gasteiger partial charge in [-0.05, 0) is 52.0 Å². The third-order valence-corrected chi connectivity index (χ3v) is 5.63. The van der Waals surface area contributed by atoms with E-state index in [1.54, 1.807) is 44.6 Å². The van der Waals surface area contributed by atoms with Crippen LogP contribution in [0.1, 0.15) is 39.3 Å². The number of aromatic nitrogens is 2. The Labute approximate surface area is 213 Å². The Hall–Kier alpha value is -4.67. The van der Waals surface area contributed by atoms with Crippen LogP contribution in [0, 0.1) is 10.1 Å². The second-order valence-corrected chi connectivity index (χ2v) is 8.61. The molecule has 2 amide bonds. The van der Waals surface area contributed by atoms with E-state index in [-0.39, 0.29) is 29.7 Å². The van der Waals surface area contributed by atoms with Gasteiger partial charge in [0.05, 0.1) is 40.6 Å². The van der Waals surface area contributed by atoms with Gasteiger partial charge < -0.3 is 20.1 Å². The molecule has 1 aliphatic rings. The van der Waals surface area contributed by atoms with Crippen molar-refractivity contribution in [3.05, 3.63) is 81.7 Å². The molecular weight excluding hydrogens is 478 g/mol. The minimum absolute atomic E-state index is 0.132. The van der Waals surface area contributed by atoms with E-state index in [2.05, 4.69) is 10.6 Å². The molecule has 37 heavy (non-hydrogen) atoms. The Morgan fingerprint density at radius 2 is 1.95 bits per heavy atom. The van der Waals surface area contributed by atoms with Crippen LogP contribution in [0.3, 0.4) is 0 Å². The lowest BCUT2D eigenvalue weighted by Gasteiger charge is -2.28. The topological polar surface area (TPSA) is 138 Å². The van der Waals surface area contributed by atoms with Gasteiger partial charge in [-0.15, -0.1) is 0 Å². The van der Waals surface area contributed by atoms with Crippen LogP contribution in [0.2, 0.25) is 0 Å². The summed E-state index contributed by atoms with van der Waals surface area (Å²) < 4.78 is 12.5. The van der Waals surface area contributed by atoms with E-state index < -0.39 is 23.0 Å². The standard InChI is InChI=1S/C26H27N5O6/c1-5-36-21-12-11-17(13-20(21)31(34)35)23-19(14-30(29-23)18-9-7-6-8-10-18)24-22(25(32)37-15(2)3)16(4)27-26(33)28-24/h6-15,24H,5H2,1-4H3,(H2,27,28,33). The lowest BCUT2D eigenvalue weighted by Crippen LogP contribution is -2.45. The van der Waals surface area contributed by atoms with E-state index >= 15 is 0 Å². The molecule has 1 atom stereocenters. The van der Waals surface area contributed by atoms with Gasteiger partial charge in [-0.1, -0.05) is 18.2 Å². The summed E-state index contributed by atoms with van der Waals surface area (Å²) in [6, 6.07) is 12.4. The molecule has 1 aliphatic heterocycles. The van der Waals surface area contributed by atoms with Crippen LogP contribution in [-0.4, -0.2) is 39.4 Å². The molecule has 2 N–H and O–H groups in total. The highest BCUT2D eigenvalue weighted by Gasteiger charge is 2.36. The molecule has 1 unspecified atom stereocenters. The van der Waals surface area contributed by atoms with Crippen molar-refractivity contribution in [1.82, 2.24) is 20.4 Å². The van der Waals surface area contributed by atoms with Gasteiger partial charge in [0.2, 0.25) is 0 Å². The summed E-state index contributed by atoms with van der Waals surface area (Å²) >= 11 is 0. The summed E-state index contributed by atoms with van der Waals surface area (Å²) in [7, 11) is 0. The molecule has 0 aliphatic carbocycles. The summed E-state index contributed by atoms with van der Waals surface area (Å²) in [4.78, 5) is 36.8. The first-order valence-corrected chi connectivity index (χ1v) is 11.8. The molecule has 11 nitrogen and oxygen atoms in total. The zero-order valence-corrected chi connectivity index (χ0v) is 20.8. The first kappa shape index (κ1) is 25.4. The SMILES string of the molecule is CCOc1ccc(-c2nn(-c3ccccc3)cc2C2NC(=O)NC(C)=C2C(=O)OC(C)C)cc1[N+](=O)[O-]. The molecule has 3 aromatic rings. The Bertz CT molecular complexity index is 1380. The second kappa shape index (κ2) is 10.5. The number of carbonyl (C=O) groups is 2. The molecule has 0 saturated heterocycles. The molecule has 4 rings (SSSR count). The molecular formula is C26H27N5O6. The first-order valence-electron chi connectivity index (χ1n) is 11.8. The third kappa shape index (κ3) is 5.30. The summed E-state index contributed by atoms with van der Waals surface area (Å²) in [5, 5.41) is 21.9. The molecule has 2 heterocycles. The number of hydrogen-bond donors (Lipinski definition) is 2. The fourth-order valence-corrected chi connectivity index (χ4v) is 4.10. The molecule has 1 aromatic heterocycles. The Kier molecular flexibility index (Phi) is 7.23. The fourth-order valence-electron chi connectivity index (χ4n) is 4.10. The van der Waals surface area contributed by atoms with E-state index in [9.17, 15) is 19.7 Å². The number of allylic oxidation sites excluding steroid dienone is 1. The van der Waals surface area contributed by atoms with Crippen molar-refractivity contribution >= 4 is 17.7 Å². The van der Waals surface area contributed by atoms with Crippen molar-refractivity contribution in [2.24, 2.45) is 0 Å². The maximum absolute atomic E-state index is 13.1. The number of hydrogen-bond acceptors (Lipinski definition) is 7. The van der Waals surface area contributed by atoms with Crippen LogP contribution in [0.15, 0.2) is 66.0 Å². The predicted octanol–water partition coefficient (Wildman–Crippen LogP) is 4.43. The minimum Gasteiger partial charge on any atom is -0.487 e. The number of urea groups is 1. The Morgan fingerprint density at radius 3 is 2.59 bits per heavy atom. The van der Waals surface area contributed by atoms with E-state index in [0.717, 1.165) is 5.69 Å². The smallest absolute Gasteiger partial charge is 0.338 e. The van der Waals surface area contributed by atoms with Crippen LogP contribution in [0.5, 0.6) is 5.75 Å². The maximum atomic E-state index is 13.1. The average Bonchev–Trinajstić information content (AvgIpc) is 3.29. The van der Waals surface area contributed by atoms with Crippen LogP contribution in [0.25, 0.3) is 16.9 Å². The molecule has 2 aromatic carbocycles. The zero-order chi connectivity index (χ0) is 26.7. The largest absolute Gasteiger partial charge is 0.487 e. The normalized spacial score (nSPS) is 15.3. The Balaban J connectivity index is 1.93. The number of para-hydroxylation sites is 1. The van der Waals surface area contributed by atoms with Gasteiger partial charge in [0.25, 0.3) is 0 Å². The van der Waals surface area contributed by atoms with E-state index in [4.69, 9.17) is 14.6 Å². The monoisotopic (exact) mass is 505 g/mol. The van der Waals surface area contributed by atoms with Crippen molar-refractivity contribution in [2.75, 3.05) is 6.61 Å². The van der Waals surface area contributed by atoms with Gasteiger partial charge in [-0.25, -0.2) is 14.3 Å². The van der Waals surface area contributed by atoms with Crippen LogP contribution < -0.4 is 15.4 Å². The first-order chi connectivity index (χ1) is 17.7. The maximum Gasteiger partial charge on any atom is 0.338 e. The number of esters is 1. The lowest BCUT2D eigenvalue weighted by atomic mass is 9.93. The number of amides is 2. The Morgan fingerprint density at radius 1 is 1.22 bits per heavy atom. The van der Waals surface area contributed by atoms with Gasteiger partial charge in [0.15, 0.2) is 5.75 Å². The quantitative estimate of drug-likeness (QED) is 0.262. The molecule has 0 spiro atoms. The van der Waals surface area contributed by atoms with E-state index in [1.165, 1.54) is 12.1 Å². The van der Waals surface area contributed by atoms with Crippen LogP contribution in [0.4, 0.5) is 10.5 Å². The molecule has 11 heteroatoms. The highest BCUT2D eigenvalue weighted by Crippen LogP contribution is 2.38. The summed E-state index contributed by atoms with van der Waals surface area (Å²) in [5.41, 5.74) is 2.29. The lowest BCUT2D eigenvalue weighted by molar-refractivity contribution is -0.385. The third-order valence-electron chi connectivity index (χ3n) is 5.63. The number of nitrogens with zero attached hydrogens (tertiary/aromatic N) is 3. The summed E-state index contributed by atoms with van der Waals surface area (Å²) in [5.74, 6) is -0.464. The number of nitro groups is 1. The van der Waals surface area contributed by atoms with Crippen molar-refractivity contribution in [3.8, 4) is 22.7 Å². The average molecular weight is 506 g/mol. The van der Waals surface area contributed by atoms with E-state index in [1.807, 2.05) is 30.3 Å². The number of nitrogens with one attached hydrogen (secondary N) is 2. The number of carbonyl (C=O) groups excluding carboxylic acids is 2.